The second kappa shape index (κ2) is 7.17. The Labute approximate surface area is 152 Å². The van der Waals surface area contributed by atoms with Crippen LogP contribution in [0.2, 0.25) is 0 Å². The number of methoxy groups -OCH3 is 1. The van der Waals surface area contributed by atoms with Gasteiger partial charge in [0.2, 0.25) is 18.4 Å². The van der Waals surface area contributed by atoms with Gasteiger partial charge in [-0.05, 0) is 44.4 Å². The second-order valence-corrected chi connectivity index (χ2v) is 6.86. The molecule has 1 atom stereocenters. The van der Waals surface area contributed by atoms with E-state index in [0.29, 0.717) is 29.1 Å². The number of benzene rings is 1. The largest absolute Gasteiger partial charge is 0.493 e. The molecule has 2 aliphatic heterocycles. The van der Waals surface area contributed by atoms with Crippen LogP contribution in [0.5, 0.6) is 17.2 Å². The lowest BCUT2D eigenvalue weighted by molar-refractivity contribution is 0.115. The molecule has 4 rings (SSSR count). The monoisotopic (exact) mass is 360 g/mol. The molecule has 0 radical (unpaired) electrons. The van der Waals surface area contributed by atoms with Crippen molar-refractivity contribution in [1.29, 1.82) is 0 Å². The average Bonchev–Trinajstić information content (AvgIpc) is 3.28. The number of aliphatic hydroxyl groups is 1. The summed E-state index contributed by atoms with van der Waals surface area (Å²) < 4.78 is 22.2. The van der Waals surface area contributed by atoms with Gasteiger partial charge in [-0.2, -0.15) is 0 Å². The normalized spacial score (nSPS) is 19.7. The Hall–Kier alpha value is -2.25. The van der Waals surface area contributed by atoms with Crippen LogP contribution in [0.1, 0.15) is 24.3 Å². The van der Waals surface area contributed by atoms with Gasteiger partial charge in [0, 0.05) is 25.3 Å². The fourth-order valence-corrected chi connectivity index (χ4v) is 3.61. The van der Waals surface area contributed by atoms with Crippen molar-refractivity contribution in [2.75, 3.05) is 33.6 Å². The van der Waals surface area contributed by atoms with Crippen molar-refractivity contribution < 1.29 is 23.7 Å². The van der Waals surface area contributed by atoms with Gasteiger partial charge in [-0.15, -0.1) is 0 Å². The second-order valence-electron chi connectivity index (χ2n) is 6.86. The molecule has 0 amide bonds. The number of hydrogen-bond donors (Lipinski definition) is 1. The van der Waals surface area contributed by atoms with Gasteiger partial charge in [0.15, 0.2) is 11.5 Å². The minimum absolute atomic E-state index is 0.186. The zero-order chi connectivity index (χ0) is 18.1. The predicted molar refractivity (Wildman–Crippen MR) is 94.4 cm³/mol. The van der Waals surface area contributed by atoms with E-state index in [1.54, 1.807) is 7.11 Å². The number of oxazole rings is 1. The lowest BCUT2D eigenvalue weighted by Gasteiger charge is -2.31. The molecule has 0 aliphatic carbocycles. The topological polar surface area (TPSA) is 77.2 Å². The van der Waals surface area contributed by atoms with Crippen LogP contribution in [0.4, 0.5) is 0 Å². The smallest absolute Gasteiger partial charge is 0.231 e. The third-order valence-corrected chi connectivity index (χ3v) is 5.03. The van der Waals surface area contributed by atoms with Crippen LogP contribution in [0, 0.1) is 12.8 Å². The van der Waals surface area contributed by atoms with Gasteiger partial charge in [0.25, 0.3) is 0 Å². The summed E-state index contributed by atoms with van der Waals surface area (Å²) in [5.41, 5.74) is 1.72. The van der Waals surface area contributed by atoms with Crippen molar-refractivity contribution in [3.8, 4) is 28.7 Å². The van der Waals surface area contributed by atoms with Crippen LogP contribution in [-0.4, -0.2) is 48.6 Å². The van der Waals surface area contributed by atoms with E-state index in [1.807, 2.05) is 19.1 Å². The Balaban J connectivity index is 1.57. The molecule has 1 saturated heterocycles. The molecule has 0 bridgehead atoms. The minimum atomic E-state index is 0.186. The number of nitrogens with zero attached hydrogens (tertiary/aromatic N) is 2. The van der Waals surface area contributed by atoms with Crippen LogP contribution in [-0.2, 0) is 6.54 Å². The van der Waals surface area contributed by atoms with Gasteiger partial charge in [-0.1, -0.05) is 0 Å². The molecule has 0 saturated carbocycles. The molecule has 1 aromatic carbocycles. The van der Waals surface area contributed by atoms with E-state index in [-0.39, 0.29) is 13.4 Å². The van der Waals surface area contributed by atoms with E-state index in [2.05, 4.69) is 4.90 Å². The third-order valence-electron chi connectivity index (χ3n) is 5.03. The molecule has 0 unspecified atom stereocenters. The van der Waals surface area contributed by atoms with E-state index in [1.165, 1.54) is 0 Å². The number of piperidine rings is 1. The molecule has 140 valence electrons. The summed E-state index contributed by atoms with van der Waals surface area (Å²) >= 11 is 0. The van der Waals surface area contributed by atoms with Crippen LogP contribution < -0.4 is 14.2 Å². The molecule has 1 aromatic heterocycles. The molecule has 3 heterocycles. The van der Waals surface area contributed by atoms with Gasteiger partial charge in [0.1, 0.15) is 5.76 Å². The number of fused-ring (bicyclic) bond motifs is 1. The molecule has 2 aromatic rings. The van der Waals surface area contributed by atoms with Gasteiger partial charge in [0.05, 0.1) is 12.8 Å². The highest BCUT2D eigenvalue weighted by Gasteiger charge is 2.24. The quantitative estimate of drug-likeness (QED) is 0.878. The molecule has 2 aliphatic rings. The van der Waals surface area contributed by atoms with Crippen LogP contribution >= 0.6 is 0 Å². The maximum absolute atomic E-state index is 9.41. The SMILES string of the molecule is COc1cc(-c2nc(CN3CCC[C@@H](CO)C3)c(C)o2)cc2c1OCO2. The Bertz CT molecular complexity index is 788. The Kier molecular flexibility index (Phi) is 4.74. The molecule has 7 nitrogen and oxygen atoms in total. The van der Waals surface area contributed by atoms with Gasteiger partial charge < -0.3 is 23.7 Å². The fourth-order valence-electron chi connectivity index (χ4n) is 3.61. The van der Waals surface area contributed by atoms with E-state index < -0.39 is 0 Å². The lowest BCUT2D eigenvalue weighted by atomic mass is 9.99. The number of aryl methyl sites for hydroxylation is 1. The number of rotatable bonds is 5. The number of aromatic nitrogens is 1. The molecule has 1 fully saturated rings. The number of likely N-dealkylation sites (tertiary alicyclic amines) is 1. The van der Waals surface area contributed by atoms with Crippen LogP contribution in [0.3, 0.4) is 0 Å². The first kappa shape index (κ1) is 17.2. The van der Waals surface area contributed by atoms with Crippen molar-refractivity contribution >= 4 is 0 Å². The Morgan fingerprint density at radius 2 is 2.23 bits per heavy atom. The van der Waals surface area contributed by atoms with E-state index in [9.17, 15) is 5.11 Å². The Morgan fingerprint density at radius 3 is 3.04 bits per heavy atom. The van der Waals surface area contributed by atoms with E-state index >= 15 is 0 Å². The van der Waals surface area contributed by atoms with E-state index in [4.69, 9.17) is 23.6 Å². The zero-order valence-electron chi connectivity index (χ0n) is 15.2. The zero-order valence-corrected chi connectivity index (χ0v) is 15.2. The molecule has 1 N–H and O–H groups in total. The first-order chi connectivity index (χ1) is 12.7. The highest BCUT2D eigenvalue weighted by Crippen LogP contribution is 2.44. The molecule has 26 heavy (non-hydrogen) atoms. The van der Waals surface area contributed by atoms with Crippen molar-refractivity contribution in [3.05, 3.63) is 23.6 Å². The highest BCUT2D eigenvalue weighted by atomic mass is 16.7. The molecule has 7 heteroatoms. The summed E-state index contributed by atoms with van der Waals surface area (Å²) in [7, 11) is 1.60. The first-order valence-electron chi connectivity index (χ1n) is 8.95. The highest BCUT2D eigenvalue weighted by molar-refractivity contribution is 5.66. The van der Waals surface area contributed by atoms with Crippen molar-refractivity contribution in [3.63, 3.8) is 0 Å². The summed E-state index contributed by atoms with van der Waals surface area (Å²) in [6.45, 7) is 5.02. The van der Waals surface area contributed by atoms with Gasteiger partial charge in [-0.3, -0.25) is 4.90 Å². The summed E-state index contributed by atoms with van der Waals surface area (Å²) in [4.78, 5) is 7.04. The first-order valence-corrected chi connectivity index (χ1v) is 8.95. The standard InChI is InChI=1S/C19H24N2O5/c1-12-15(9-21-5-3-4-13(8-21)10-22)20-19(26-12)14-6-16(23-2)18-17(7-14)24-11-25-18/h6-7,13,22H,3-5,8-11H2,1-2H3/t13-/m1/s1. The van der Waals surface area contributed by atoms with Crippen LogP contribution in [0.15, 0.2) is 16.5 Å². The average molecular weight is 360 g/mol. The molecular formula is C19H24N2O5. The summed E-state index contributed by atoms with van der Waals surface area (Å²) in [6.07, 6.45) is 2.20. The van der Waals surface area contributed by atoms with Gasteiger partial charge in [-0.25, -0.2) is 4.98 Å². The van der Waals surface area contributed by atoms with Crippen molar-refractivity contribution in [2.24, 2.45) is 5.92 Å². The number of aliphatic hydroxyl groups excluding tert-OH is 1. The van der Waals surface area contributed by atoms with Crippen molar-refractivity contribution in [1.82, 2.24) is 9.88 Å². The Morgan fingerprint density at radius 1 is 1.35 bits per heavy atom. The predicted octanol–water partition coefficient (Wildman–Crippen LogP) is 2.59. The number of ether oxygens (including phenoxy) is 3. The molecular weight excluding hydrogens is 336 g/mol. The summed E-state index contributed by atoms with van der Waals surface area (Å²) in [6, 6.07) is 3.72. The third kappa shape index (κ3) is 3.24. The van der Waals surface area contributed by atoms with Crippen LogP contribution in [0.25, 0.3) is 11.5 Å². The van der Waals surface area contributed by atoms with Gasteiger partial charge >= 0.3 is 0 Å². The lowest BCUT2D eigenvalue weighted by Crippen LogP contribution is -2.36. The maximum Gasteiger partial charge on any atom is 0.231 e. The molecule has 0 spiro atoms. The summed E-state index contributed by atoms with van der Waals surface area (Å²) in [5.74, 6) is 3.57. The summed E-state index contributed by atoms with van der Waals surface area (Å²) in [5, 5.41) is 9.41. The number of hydrogen-bond acceptors (Lipinski definition) is 7. The van der Waals surface area contributed by atoms with E-state index in [0.717, 1.165) is 49.5 Å². The minimum Gasteiger partial charge on any atom is -0.493 e. The maximum atomic E-state index is 9.41. The fraction of sp³-hybridized carbons (Fsp3) is 0.526. The van der Waals surface area contributed by atoms with Crippen molar-refractivity contribution in [2.45, 2.75) is 26.3 Å².